The molecule has 4 nitrogen and oxygen atoms in total. The summed E-state index contributed by atoms with van der Waals surface area (Å²) in [6.45, 7) is 6.30. The van der Waals surface area contributed by atoms with Crippen LogP contribution in [-0.2, 0) is 0 Å². The van der Waals surface area contributed by atoms with Gasteiger partial charge in [0.15, 0.2) is 0 Å². The van der Waals surface area contributed by atoms with E-state index < -0.39 is 0 Å². The third-order valence-corrected chi connectivity index (χ3v) is 1.44. The summed E-state index contributed by atoms with van der Waals surface area (Å²) < 4.78 is 5.31. The molecular formula is C9H13N3O. The Hall–Kier alpha value is -1.58. The van der Waals surface area contributed by atoms with Crippen LogP contribution < -0.4 is 10.5 Å². The van der Waals surface area contributed by atoms with Crippen molar-refractivity contribution in [2.45, 2.75) is 13.3 Å². The molecule has 2 N–H and O–H groups in total. The molecule has 0 saturated carbocycles. The summed E-state index contributed by atoms with van der Waals surface area (Å²) in [6, 6.07) is 1.60. The van der Waals surface area contributed by atoms with Crippen LogP contribution in [0.1, 0.15) is 13.3 Å². The molecule has 0 fully saturated rings. The molecule has 70 valence electrons. The minimum atomic E-state index is 0.417. The van der Waals surface area contributed by atoms with Crippen molar-refractivity contribution in [2.24, 2.45) is 0 Å². The second-order valence-electron chi connectivity index (χ2n) is 2.84. The van der Waals surface area contributed by atoms with Crippen molar-refractivity contribution in [3.05, 3.63) is 24.5 Å². The van der Waals surface area contributed by atoms with Gasteiger partial charge in [-0.2, -0.15) is 0 Å². The van der Waals surface area contributed by atoms with Crippen LogP contribution in [0.25, 0.3) is 0 Å². The monoisotopic (exact) mass is 179 g/mol. The smallest absolute Gasteiger partial charge is 0.218 e. The van der Waals surface area contributed by atoms with Crippen molar-refractivity contribution in [3.63, 3.8) is 0 Å². The number of nitrogens with two attached hydrogens (primary N) is 1. The van der Waals surface area contributed by atoms with E-state index in [9.17, 15) is 0 Å². The van der Waals surface area contributed by atoms with Crippen LogP contribution in [0.2, 0.25) is 0 Å². The molecule has 0 aliphatic rings. The van der Waals surface area contributed by atoms with Crippen molar-refractivity contribution < 1.29 is 4.74 Å². The van der Waals surface area contributed by atoms with Gasteiger partial charge in [-0.1, -0.05) is 5.57 Å². The molecule has 0 aliphatic carbocycles. The number of rotatable bonds is 4. The lowest BCUT2D eigenvalue weighted by Crippen LogP contribution is -2.00. The minimum absolute atomic E-state index is 0.417. The molecular weight excluding hydrogens is 166 g/mol. The molecule has 0 amide bonds. The van der Waals surface area contributed by atoms with Crippen molar-refractivity contribution in [2.75, 3.05) is 12.3 Å². The predicted octanol–water partition coefficient (Wildman–Crippen LogP) is 1.40. The Kier molecular flexibility index (Phi) is 3.25. The lowest BCUT2D eigenvalue weighted by molar-refractivity contribution is 0.309. The predicted molar refractivity (Wildman–Crippen MR) is 51.4 cm³/mol. The maximum Gasteiger partial charge on any atom is 0.218 e. The van der Waals surface area contributed by atoms with Crippen molar-refractivity contribution in [1.82, 2.24) is 9.97 Å². The molecule has 0 aliphatic heterocycles. The van der Waals surface area contributed by atoms with Gasteiger partial charge >= 0.3 is 0 Å². The van der Waals surface area contributed by atoms with Crippen LogP contribution in [0, 0.1) is 0 Å². The van der Waals surface area contributed by atoms with Gasteiger partial charge in [0, 0.05) is 12.5 Å². The number of anilines is 1. The molecule has 1 heterocycles. The van der Waals surface area contributed by atoms with Gasteiger partial charge in [-0.05, 0) is 6.92 Å². The first-order chi connectivity index (χ1) is 6.18. The molecule has 1 aromatic heterocycles. The van der Waals surface area contributed by atoms with Crippen molar-refractivity contribution in [1.29, 1.82) is 0 Å². The number of aromatic nitrogens is 2. The highest BCUT2D eigenvalue weighted by atomic mass is 16.5. The van der Waals surface area contributed by atoms with E-state index in [1.165, 1.54) is 6.33 Å². The molecule has 13 heavy (non-hydrogen) atoms. The molecule has 0 unspecified atom stereocenters. The van der Waals surface area contributed by atoms with Gasteiger partial charge in [0.25, 0.3) is 0 Å². The molecule has 0 atom stereocenters. The maximum atomic E-state index is 5.44. The van der Waals surface area contributed by atoms with Gasteiger partial charge in [0.2, 0.25) is 5.88 Å². The van der Waals surface area contributed by atoms with E-state index in [1.807, 2.05) is 6.92 Å². The molecule has 0 saturated heterocycles. The Labute approximate surface area is 77.5 Å². The number of hydrogen-bond donors (Lipinski definition) is 1. The Morgan fingerprint density at radius 1 is 1.62 bits per heavy atom. The first kappa shape index (κ1) is 9.51. The average Bonchev–Trinajstić information content (AvgIpc) is 2.03. The van der Waals surface area contributed by atoms with Crippen LogP contribution in [0.5, 0.6) is 5.88 Å². The van der Waals surface area contributed by atoms with Gasteiger partial charge in [-0.15, -0.1) is 6.58 Å². The molecule has 0 radical (unpaired) electrons. The standard InChI is InChI=1S/C9H13N3O/c1-7(2)3-4-13-9-5-8(10)11-6-12-9/h5-6H,1,3-4H2,2H3,(H2,10,11,12). The summed E-state index contributed by atoms with van der Waals surface area (Å²) in [5.74, 6) is 0.925. The van der Waals surface area contributed by atoms with Crippen LogP contribution >= 0.6 is 0 Å². The number of ether oxygens (including phenoxy) is 1. The maximum absolute atomic E-state index is 5.44. The fourth-order valence-electron chi connectivity index (χ4n) is 0.762. The lowest BCUT2D eigenvalue weighted by Gasteiger charge is -2.04. The van der Waals surface area contributed by atoms with Crippen molar-refractivity contribution in [3.8, 4) is 5.88 Å². The first-order valence-electron chi connectivity index (χ1n) is 4.03. The van der Waals surface area contributed by atoms with Crippen LogP contribution in [0.15, 0.2) is 24.5 Å². The highest BCUT2D eigenvalue weighted by molar-refractivity contribution is 5.30. The van der Waals surface area contributed by atoms with Crippen LogP contribution in [0.3, 0.4) is 0 Å². The van der Waals surface area contributed by atoms with E-state index in [-0.39, 0.29) is 0 Å². The average molecular weight is 179 g/mol. The summed E-state index contributed by atoms with van der Waals surface area (Å²) in [7, 11) is 0. The minimum Gasteiger partial charge on any atom is -0.477 e. The fourth-order valence-corrected chi connectivity index (χ4v) is 0.762. The molecule has 0 bridgehead atoms. The second kappa shape index (κ2) is 4.45. The highest BCUT2D eigenvalue weighted by Gasteiger charge is 1.95. The lowest BCUT2D eigenvalue weighted by atomic mass is 10.3. The third-order valence-electron chi connectivity index (χ3n) is 1.44. The number of nitrogens with zero attached hydrogens (tertiary/aromatic N) is 2. The second-order valence-corrected chi connectivity index (χ2v) is 2.84. The Bertz CT molecular complexity index is 299. The zero-order chi connectivity index (χ0) is 9.68. The summed E-state index contributed by atoms with van der Waals surface area (Å²) in [5, 5.41) is 0. The summed E-state index contributed by atoms with van der Waals surface area (Å²) in [5.41, 5.74) is 6.53. The van der Waals surface area contributed by atoms with E-state index in [4.69, 9.17) is 10.5 Å². The SMILES string of the molecule is C=C(C)CCOc1cc(N)ncn1. The Morgan fingerprint density at radius 3 is 3.00 bits per heavy atom. The fraction of sp³-hybridized carbons (Fsp3) is 0.333. The third kappa shape index (κ3) is 3.55. The molecule has 0 spiro atoms. The molecule has 0 aromatic carbocycles. The van der Waals surface area contributed by atoms with E-state index in [2.05, 4.69) is 16.5 Å². The normalized spacial score (nSPS) is 9.62. The molecule has 1 rings (SSSR count). The first-order valence-corrected chi connectivity index (χ1v) is 4.03. The van der Waals surface area contributed by atoms with Crippen LogP contribution in [-0.4, -0.2) is 16.6 Å². The number of nitrogen functional groups attached to an aromatic ring is 1. The van der Waals surface area contributed by atoms with Crippen LogP contribution in [0.4, 0.5) is 5.82 Å². The summed E-state index contributed by atoms with van der Waals surface area (Å²) >= 11 is 0. The topological polar surface area (TPSA) is 61.0 Å². The molecule has 1 aromatic rings. The zero-order valence-corrected chi connectivity index (χ0v) is 7.66. The summed E-state index contributed by atoms with van der Waals surface area (Å²) in [6.07, 6.45) is 2.20. The Balaban J connectivity index is 2.41. The van der Waals surface area contributed by atoms with E-state index in [1.54, 1.807) is 6.07 Å². The van der Waals surface area contributed by atoms with Crippen molar-refractivity contribution >= 4 is 5.82 Å². The van der Waals surface area contributed by atoms with E-state index in [0.29, 0.717) is 18.3 Å². The zero-order valence-electron chi connectivity index (χ0n) is 7.66. The van der Waals surface area contributed by atoms with Gasteiger partial charge in [0.1, 0.15) is 12.1 Å². The van der Waals surface area contributed by atoms with E-state index in [0.717, 1.165) is 12.0 Å². The molecule has 4 heteroatoms. The Morgan fingerprint density at radius 2 is 2.38 bits per heavy atom. The summed E-state index contributed by atoms with van der Waals surface area (Å²) in [4.78, 5) is 7.65. The van der Waals surface area contributed by atoms with Gasteiger partial charge in [-0.25, -0.2) is 9.97 Å². The van der Waals surface area contributed by atoms with E-state index >= 15 is 0 Å². The van der Waals surface area contributed by atoms with Gasteiger partial charge in [-0.3, -0.25) is 0 Å². The quantitative estimate of drug-likeness (QED) is 0.710. The van der Waals surface area contributed by atoms with Gasteiger partial charge in [0.05, 0.1) is 6.61 Å². The highest BCUT2D eigenvalue weighted by Crippen LogP contribution is 2.08. The largest absolute Gasteiger partial charge is 0.477 e. The van der Waals surface area contributed by atoms with Gasteiger partial charge < -0.3 is 10.5 Å². The number of hydrogen-bond acceptors (Lipinski definition) is 4.